The van der Waals surface area contributed by atoms with E-state index in [4.69, 9.17) is 9.84 Å². The molecule has 0 amide bonds. The lowest BCUT2D eigenvalue weighted by Crippen LogP contribution is -2.08. The molecule has 0 saturated heterocycles. The van der Waals surface area contributed by atoms with Crippen molar-refractivity contribution in [1.29, 1.82) is 0 Å². The standard InChI is InChI=1S/C12H11F3O3/c1-2-18-9-5-3-8(4-6-11(16)17)10(7-9)12(13,14)15/h3-7H,2H2,1H3,(H,16,17)/b6-4+. The van der Waals surface area contributed by atoms with Crippen LogP contribution in [0.15, 0.2) is 24.3 Å². The van der Waals surface area contributed by atoms with Crippen LogP contribution < -0.4 is 4.74 Å². The second-order valence-corrected chi connectivity index (χ2v) is 3.35. The minimum Gasteiger partial charge on any atom is -0.494 e. The third-order valence-electron chi connectivity index (χ3n) is 2.05. The molecule has 0 aliphatic rings. The molecular formula is C12H11F3O3. The topological polar surface area (TPSA) is 46.5 Å². The molecule has 0 aliphatic heterocycles. The summed E-state index contributed by atoms with van der Waals surface area (Å²) in [4.78, 5) is 10.3. The number of hydrogen-bond acceptors (Lipinski definition) is 2. The SMILES string of the molecule is CCOc1ccc(/C=C/C(=O)O)c(C(F)(F)F)c1. The summed E-state index contributed by atoms with van der Waals surface area (Å²) < 4.78 is 43.3. The van der Waals surface area contributed by atoms with Crippen LogP contribution in [0.1, 0.15) is 18.1 Å². The summed E-state index contributed by atoms with van der Waals surface area (Å²) >= 11 is 0. The molecule has 0 saturated carbocycles. The largest absolute Gasteiger partial charge is 0.494 e. The molecule has 6 heteroatoms. The van der Waals surface area contributed by atoms with Crippen LogP contribution in [0.3, 0.4) is 0 Å². The van der Waals surface area contributed by atoms with Crippen LogP contribution in [-0.4, -0.2) is 17.7 Å². The molecule has 0 aliphatic carbocycles. The van der Waals surface area contributed by atoms with E-state index in [0.717, 1.165) is 12.1 Å². The smallest absolute Gasteiger partial charge is 0.417 e. The van der Waals surface area contributed by atoms with E-state index < -0.39 is 17.7 Å². The van der Waals surface area contributed by atoms with Crippen molar-refractivity contribution in [3.63, 3.8) is 0 Å². The van der Waals surface area contributed by atoms with Crippen LogP contribution in [-0.2, 0) is 11.0 Å². The lowest BCUT2D eigenvalue weighted by Gasteiger charge is -2.12. The van der Waals surface area contributed by atoms with E-state index in [0.29, 0.717) is 6.08 Å². The second-order valence-electron chi connectivity index (χ2n) is 3.35. The Morgan fingerprint density at radius 3 is 2.61 bits per heavy atom. The molecule has 0 radical (unpaired) electrons. The van der Waals surface area contributed by atoms with E-state index in [-0.39, 0.29) is 17.9 Å². The fraction of sp³-hybridized carbons (Fsp3) is 0.250. The van der Waals surface area contributed by atoms with Gasteiger partial charge in [-0.05, 0) is 30.7 Å². The second kappa shape index (κ2) is 5.57. The number of benzene rings is 1. The maximum absolute atomic E-state index is 12.8. The summed E-state index contributed by atoms with van der Waals surface area (Å²) in [7, 11) is 0. The summed E-state index contributed by atoms with van der Waals surface area (Å²) in [6.45, 7) is 1.91. The van der Waals surface area contributed by atoms with Crippen LogP contribution in [0.5, 0.6) is 5.75 Å². The average molecular weight is 260 g/mol. The van der Waals surface area contributed by atoms with Gasteiger partial charge < -0.3 is 9.84 Å². The van der Waals surface area contributed by atoms with Gasteiger partial charge in [-0.3, -0.25) is 0 Å². The van der Waals surface area contributed by atoms with Gasteiger partial charge in [-0.2, -0.15) is 13.2 Å². The third-order valence-corrected chi connectivity index (χ3v) is 2.05. The first-order chi connectivity index (χ1) is 8.34. The number of carboxylic acids is 1. The minimum atomic E-state index is -4.56. The Kier molecular flexibility index (Phi) is 4.36. The van der Waals surface area contributed by atoms with E-state index in [1.54, 1.807) is 6.92 Å². The Labute approximate surface area is 101 Å². The highest BCUT2D eigenvalue weighted by atomic mass is 19.4. The Hall–Kier alpha value is -1.98. The third kappa shape index (κ3) is 3.80. The predicted molar refractivity (Wildman–Crippen MR) is 59.3 cm³/mol. The Morgan fingerprint density at radius 2 is 2.11 bits per heavy atom. The zero-order valence-corrected chi connectivity index (χ0v) is 9.49. The normalized spacial score (nSPS) is 11.8. The lowest BCUT2D eigenvalue weighted by atomic mass is 10.1. The van der Waals surface area contributed by atoms with Gasteiger partial charge in [0.05, 0.1) is 12.2 Å². The van der Waals surface area contributed by atoms with Crippen LogP contribution >= 0.6 is 0 Å². The highest BCUT2D eigenvalue weighted by Crippen LogP contribution is 2.35. The van der Waals surface area contributed by atoms with E-state index in [9.17, 15) is 18.0 Å². The number of hydrogen-bond donors (Lipinski definition) is 1. The molecule has 0 unspecified atom stereocenters. The maximum atomic E-state index is 12.8. The quantitative estimate of drug-likeness (QED) is 0.845. The molecule has 1 rings (SSSR count). The molecule has 3 nitrogen and oxygen atoms in total. The zero-order chi connectivity index (χ0) is 13.8. The summed E-state index contributed by atoms with van der Waals surface area (Å²) in [6.07, 6.45) is -3.00. The summed E-state index contributed by atoms with van der Waals surface area (Å²) in [6, 6.07) is 3.39. The van der Waals surface area contributed by atoms with Crippen molar-refractivity contribution in [3.05, 3.63) is 35.4 Å². The summed E-state index contributed by atoms with van der Waals surface area (Å²) in [5, 5.41) is 8.41. The Morgan fingerprint density at radius 1 is 1.44 bits per heavy atom. The van der Waals surface area contributed by atoms with Crippen molar-refractivity contribution in [1.82, 2.24) is 0 Å². The number of aliphatic carboxylic acids is 1. The fourth-order valence-electron chi connectivity index (χ4n) is 1.34. The van der Waals surface area contributed by atoms with E-state index in [1.165, 1.54) is 12.1 Å². The monoisotopic (exact) mass is 260 g/mol. The molecule has 0 fully saturated rings. The Bertz CT molecular complexity index is 464. The first-order valence-corrected chi connectivity index (χ1v) is 5.09. The highest BCUT2D eigenvalue weighted by molar-refractivity contribution is 5.85. The number of ether oxygens (including phenoxy) is 1. The Balaban J connectivity index is 3.21. The van der Waals surface area contributed by atoms with Crippen LogP contribution in [0.25, 0.3) is 6.08 Å². The van der Waals surface area contributed by atoms with Crippen molar-refractivity contribution in [3.8, 4) is 5.75 Å². The van der Waals surface area contributed by atoms with Gasteiger partial charge in [-0.25, -0.2) is 4.79 Å². The van der Waals surface area contributed by atoms with Gasteiger partial charge in [0.15, 0.2) is 0 Å². The molecule has 1 aromatic rings. The number of halogens is 3. The van der Waals surface area contributed by atoms with Gasteiger partial charge in [-0.15, -0.1) is 0 Å². The van der Waals surface area contributed by atoms with Gasteiger partial charge in [0, 0.05) is 6.08 Å². The van der Waals surface area contributed by atoms with E-state index in [1.807, 2.05) is 0 Å². The fourth-order valence-corrected chi connectivity index (χ4v) is 1.34. The predicted octanol–water partition coefficient (Wildman–Crippen LogP) is 3.20. The molecular weight excluding hydrogens is 249 g/mol. The molecule has 0 bridgehead atoms. The lowest BCUT2D eigenvalue weighted by molar-refractivity contribution is -0.138. The molecule has 18 heavy (non-hydrogen) atoms. The van der Waals surface area contributed by atoms with Crippen molar-refractivity contribution in [2.75, 3.05) is 6.61 Å². The number of carbonyl (C=O) groups is 1. The molecule has 0 atom stereocenters. The van der Waals surface area contributed by atoms with E-state index >= 15 is 0 Å². The number of carboxylic acid groups (broad SMARTS) is 1. The molecule has 0 spiro atoms. The van der Waals surface area contributed by atoms with Crippen LogP contribution in [0.4, 0.5) is 13.2 Å². The van der Waals surface area contributed by atoms with Crippen molar-refractivity contribution < 1.29 is 27.8 Å². The van der Waals surface area contributed by atoms with Gasteiger partial charge >= 0.3 is 12.1 Å². The molecule has 0 heterocycles. The van der Waals surface area contributed by atoms with Crippen LogP contribution in [0.2, 0.25) is 0 Å². The summed E-state index contributed by atoms with van der Waals surface area (Å²) in [5.74, 6) is -1.21. The summed E-state index contributed by atoms with van der Waals surface area (Å²) in [5.41, 5.74) is -1.14. The van der Waals surface area contributed by atoms with Gasteiger partial charge in [0.2, 0.25) is 0 Å². The molecule has 1 N–H and O–H groups in total. The van der Waals surface area contributed by atoms with Gasteiger partial charge in [-0.1, -0.05) is 6.07 Å². The number of alkyl halides is 3. The highest BCUT2D eigenvalue weighted by Gasteiger charge is 2.33. The van der Waals surface area contributed by atoms with Gasteiger partial charge in [0.25, 0.3) is 0 Å². The molecule has 0 aromatic heterocycles. The van der Waals surface area contributed by atoms with Crippen molar-refractivity contribution >= 4 is 12.0 Å². The maximum Gasteiger partial charge on any atom is 0.417 e. The zero-order valence-electron chi connectivity index (χ0n) is 9.49. The van der Waals surface area contributed by atoms with Gasteiger partial charge in [0.1, 0.15) is 5.75 Å². The number of rotatable bonds is 4. The molecule has 1 aromatic carbocycles. The first kappa shape index (κ1) is 14.1. The average Bonchev–Trinajstić information content (AvgIpc) is 2.26. The molecule has 98 valence electrons. The first-order valence-electron chi connectivity index (χ1n) is 5.09. The van der Waals surface area contributed by atoms with Crippen molar-refractivity contribution in [2.45, 2.75) is 13.1 Å². The van der Waals surface area contributed by atoms with Crippen molar-refractivity contribution in [2.24, 2.45) is 0 Å². The minimum absolute atomic E-state index is 0.0947. The van der Waals surface area contributed by atoms with Crippen LogP contribution in [0, 0.1) is 0 Å². The van der Waals surface area contributed by atoms with E-state index in [2.05, 4.69) is 0 Å².